The zero-order chi connectivity index (χ0) is 17.2. The number of hydrogen-bond acceptors (Lipinski definition) is 6. The zero-order valence-electron chi connectivity index (χ0n) is 14.1. The van der Waals surface area contributed by atoms with Gasteiger partial charge in [-0.25, -0.2) is 8.42 Å². The Hall–Kier alpha value is -1.51. The minimum absolute atomic E-state index is 0.0320. The van der Waals surface area contributed by atoms with Crippen LogP contribution in [-0.2, 0) is 10.0 Å². The van der Waals surface area contributed by atoms with E-state index in [0.717, 1.165) is 0 Å². The first-order valence-electron chi connectivity index (χ1n) is 7.39. The number of ether oxygens (including phenoxy) is 3. The first kappa shape index (κ1) is 17.8. The molecule has 0 saturated carbocycles. The summed E-state index contributed by atoms with van der Waals surface area (Å²) in [5.41, 5.74) is 0. The molecule has 0 aromatic heterocycles. The molecular formula is C15H24N2O5S. The van der Waals surface area contributed by atoms with Crippen molar-refractivity contribution in [3.63, 3.8) is 0 Å². The van der Waals surface area contributed by atoms with E-state index < -0.39 is 10.0 Å². The minimum atomic E-state index is -3.75. The van der Waals surface area contributed by atoms with Gasteiger partial charge >= 0.3 is 0 Å². The van der Waals surface area contributed by atoms with Gasteiger partial charge in [-0.05, 0) is 13.8 Å². The summed E-state index contributed by atoms with van der Waals surface area (Å²) in [4.78, 5) is 0.0320. The predicted molar refractivity (Wildman–Crippen MR) is 86.9 cm³/mol. The molecule has 23 heavy (non-hydrogen) atoms. The van der Waals surface area contributed by atoms with Gasteiger partial charge in [0, 0.05) is 37.3 Å². The maximum atomic E-state index is 13.1. The van der Waals surface area contributed by atoms with Crippen molar-refractivity contribution >= 4 is 10.0 Å². The molecule has 1 aliphatic heterocycles. The number of sulfonamides is 1. The Balaban J connectivity index is 2.54. The van der Waals surface area contributed by atoms with Gasteiger partial charge in [-0.3, -0.25) is 0 Å². The molecular weight excluding hydrogens is 320 g/mol. The van der Waals surface area contributed by atoms with Gasteiger partial charge in [0.05, 0.1) is 21.3 Å². The highest BCUT2D eigenvalue weighted by atomic mass is 32.2. The van der Waals surface area contributed by atoms with Crippen LogP contribution in [-0.4, -0.2) is 59.2 Å². The number of piperazine rings is 1. The molecule has 1 aliphatic rings. The first-order chi connectivity index (χ1) is 10.8. The highest BCUT2D eigenvalue weighted by Gasteiger charge is 2.36. The van der Waals surface area contributed by atoms with Crippen LogP contribution in [0, 0.1) is 0 Å². The molecule has 0 bridgehead atoms. The monoisotopic (exact) mass is 344 g/mol. The molecule has 1 saturated heterocycles. The molecule has 1 fully saturated rings. The highest BCUT2D eigenvalue weighted by Crippen LogP contribution is 2.39. The Kier molecular flexibility index (Phi) is 5.38. The molecule has 2 unspecified atom stereocenters. The minimum Gasteiger partial charge on any atom is -0.496 e. The van der Waals surface area contributed by atoms with E-state index in [1.807, 2.05) is 13.8 Å². The van der Waals surface area contributed by atoms with Gasteiger partial charge in [-0.15, -0.1) is 0 Å². The van der Waals surface area contributed by atoms with Crippen molar-refractivity contribution in [2.24, 2.45) is 0 Å². The number of nitrogens with zero attached hydrogens (tertiary/aromatic N) is 1. The van der Waals surface area contributed by atoms with Crippen LogP contribution in [0.15, 0.2) is 17.0 Å². The second-order valence-corrected chi connectivity index (χ2v) is 7.53. The summed E-state index contributed by atoms with van der Waals surface area (Å²) in [5.74, 6) is 0.889. The molecule has 0 amide bonds. The summed E-state index contributed by atoms with van der Waals surface area (Å²) >= 11 is 0. The Bertz CT molecular complexity index is 627. The van der Waals surface area contributed by atoms with Gasteiger partial charge in [0.1, 0.15) is 17.2 Å². The fourth-order valence-corrected chi connectivity index (χ4v) is 4.72. The van der Waals surface area contributed by atoms with Crippen LogP contribution in [0.2, 0.25) is 0 Å². The van der Waals surface area contributed by atoms with Crippen molar-refractivity contribution in [2.75, 3.05) is 34.4 Å². The molecule has 130 valence electrons. The number of rotatable bonds is 5. The Labute approximate surface area is 137 Å². The Morgan fingerprint density at radius 2 is 1.48 bits per heavy atom. The molecule has 0 radical (unpaired) electrons. The fraction of sp³-hybridized carbons (Fsp3) is 0.600. The highest BCUT2D eigenvalue weighted by molar-refractivity contribution is 7.89. The molecule has 0 spiro atoms. The van der Waals surface area contributed by atoms with Crippen molar-refractivity contribution in [2.45, 2.75) is 30.8 Å². The molecule has 1 heterocycles. The third kappa shape index (κ3) is 3.54. The zero-order valence-corrected chi connectivity index (χ0v) is 14.9. The van der Waals surface area contributed by atoms with Crippen LogP contribution >= 0.6 is 0 Å². The molecule has 2 rings (SSSR count). The number of hydrogen-bond donors (Lipinski definition) is 1. The van der Waals surface area contributed by atoms with Crippen LogP contribution in [0.1, 0.15) is 13.8 Å². The van der Waals surface area contributed by atoms with E-state index in [9.17, 15) is 8.42 Å². The average Bonchev–Trinajstić information content (AvgIpc) is 2.52. The molecule has 1 aromatic rings. The number of nitrogens with one attached hydrogen (secondary N) is 1. The first-order valence-corrected chi connectivity index (χ1v) is 8.83. The van der Waals surface area contributed by atoms with Crippen LogP contribution in [0.25, 0.3) is 0 Å². The van der Waals surface area contributed by atoms with Gasteiger partial charge in [0.15, 0.2) is 4.90 Å². The lowest BCUT2D eigenvalue weighted by atomic mass is 10.2. The second-order valence-electron chi connectivity index (χ2n) is 5.65. The van der Waals surface area contributed by atoms with Crippen molar-refractivity contribution in [1.82, 2.24) is 9.62 Å². The molecule has 1 aromatic carbocycles. The maximum absolute atomic E-state index is 13.1. The van der Waals surface area contributed by atoms with E-state index in [2.05, 4.69) is 5.32 Å². The fourth-order valence-electron chi connectivity index (χ4n) is 2.83. The summed E-state index contributed by atoms with van der Waals surface area (Å²) in [6, 6.07) is 3.24. The topological polar surface area (TPSA) is 77.1 Å². The number of benzene rings is 1. The smallest absolute Gasteiger partial charge is 0.250 e. The largest absolute Gasteiger partial charge is 0.496 e. The lowest BCUT2D eigenvalue weighted by Gasteiger charge is -2.35. The van der Waals surface area contributed by atoms with Gasteiger partial charge in [-0.1, -0.05) is 0 Å². The van der Waals surface area contributed by atoms with Crippen LogP contribution in [0.5, 0.6) is 17.2 Å². The molecule has 0 aliphatic carbocycles. The summed E-state index contributed by atoms with van der Waals surface area (Å²) < 4.78 is 43.5. The van der Waals surface area contributed by atoms with Crippen molar-refractivity contribution in [3.05, 3.63) is 12.1 Å². The molecule has 7 nitrogen and oxygen atoms in total. The van der Waals surface area contributed by atoms with Gasteiger partial charge in [0.25, 0.3) is 10.0 Å². The summed E-state index contributed by atoms with van der Waals surface area (Å²) in [6.45, 7) is 4.71. The maximum Gasteiger partial charge on any atom is 0.250 e. The summed E-state index contributed by atoms with van der Waals surface area (Å²) in [6.07, 6.45) is 0. The number of methoxy groups -OCH3 is 3. The summed E-state index contributed by atoms with van der Waals surface area (Å²) in [5, 5.41) is 3.32. The van der Waals surface area contributed by atoms with E-state index in [4.69, 9.17) is 14.2 Å². The van der Waals surface area contributed by atoms with Crippen LogP contribution < -0.4 is 19.5 Å². The summed E-state index contributed by atoms with van der Waals surface area (Å²) in [7, 11) is 0.605. The Morgan fingerprint density at radius 1 is 1.00 bits per heavy atom. The lowest BCUT2D eigenvalue weighted by molar-refractivity contribution is 0.261. The molecule has 1 N–H and O–H groups in total. The van der Waals surface area contributed by atoms with E-state index >= 15 is 0 Å². The lowest BCUT2D eigenvalue weighted by Crippen LogP contribution is -2.55. The van der Waals surface area contributed by atoms with E-state index in [1.165, 1.54) is 25.6 Å². The van der Waals surface area contributed by atoms with Gasteiger partial charge in [0.2, 0.25) is 0 Å². The van der Waals surface area contributed by atoms with Crippen molar-refractivity contribution in [1.29, 1.82) is 0 Å². The standard InChI is InChI=1S/C15H24N2O5S/c1-10-8-17(9-11(2)16-10)23(18,19)15-13(21-4)6-12(20-3)7-14(15)22-5/h6-7,10-11,16H,8-9H2,1-5H3. The van der Waals surface area contributed by atoms with E-state index in [0.29, 0.717) is 18.8 Å². The van der Waals surface area contributed by atoms with Crippen molar-refractivity contribution in [3.8, 4) is 17.2 Å². The second kappa shape index (κ2) is 6.94. The van der Waals surface area contributed by atoms with Gasteiger partial charge in [-0.2, -0.15) is 4.31 Å². The normalized spacial score (nSPS) is 22.7. The molecule has 2 atom stereocenters. The average molecular weight is 344 g/mol. The van der Waals surface area contributed by atoms with E-state index in [1.54, 1.807) is 12.1 Å². The third-order valence-corrected chi connectivity index (χ3v) is 5.69. The van der Waals surface area contributed by atoms with E-state index in [-0.39, 0.29) is 28.5 Å². The van der Waals surface area contributed by atoms with Crippen LogP contribution in [0.3, 0.4) is 0 Å². The third-order valence-electron chi connectivity index (χ3n) is 3.79. The predicted octanol–water partition coefficient (Wildman–Crippen LogP) is 1.08. The van der Waals surface area contributed by atoms with Crippen LogP contribution in [0.4, 0.5) is 0 Å². The quantitative estimate of drug-likeness (QED) is 0.861. The van der Waals surface area contributed by atoms with Crippen molar-refractivity contribution < 1.29 is 22.6 Å². The molecule has 8 heteroatoms. The van der Waals surface area contributed by atoms with Gasteiger partial charge < -0.3 is 19.5 Å². The Morgan fingerprint density at radius 3 is 1.87 bits per heavy atom. The SMILES string of the molecule is COc1cc(OC)c(S(=O)(=O)N2CC(C)NC(C)C2)c(OC)c1.